The molecule has 2 aromatic carbocycles. The molecule has 0 saturated heterocycles. The van der Waals surface area contributed by atoms with E-state index in [1.54, 1.807) is 17.9 Å². The van der Waals surface area contributed by atoms with Crippen LogP contribution in [0.15, 0.2) is 125 Å². The third-order valence-corrected chi connectivity index (χ3v) is 21.0. The molecule has 0 aromatic heterocycles. The molecular weight excluding hydrogens is 893 g/mol. The average Bonchev–Trinajstić information content (AvgIpc) is 3.46. The Kier molecular flexibility index (Phi) is 13.4. The van der Waals surface area contributed by atoms with Crippen molar-refractivity contribution < 1.29 is 0 Å². The summed E-state index contributed by atoms with van der Waals surface area (Å²) in [7, 11) is 0. The van der Waals surface area contributed by atoms with Gasteiger partial charge in [0.1, 0.15) is 0 Å². The van der Waals surface area contributed by atoms with E-state index < -0.39 is 0 Å². The van der Waals surface area contributed by atoms with Gasteiger partial charge in [-0.2, -0.15) is 0 Å². The summed E-state index contributed by atoms with van der Waals surface area (Å²) in [5.74, 6) is 0.482. The third-order valence-electron chi connectivity index (χ3n) is 13.0. The fourth-order valence-electron chi connectivity index (χ4n) is 8.50. The van der Waals surface area contributed by atoms with Gasteiger partial charge in [0.05, 0.1) is 0 Å². The molecule has 338 valence electrons. The van der Waals surface area contributed by atoms with E-state index in [1.807, 2.05) is 0 Å². The zero-order chi connectivity index (χ0) is 47.0. The normalized spacial score (nSPS) is 20.7. The molecule has 4 aliphatic rings. The second-order valence-electron chi connectivity index (χ2n) is 26.1. The van der Waals surface area contributed by atoms with Crippen molar-refractivity contribution in [1.29, 1.82) is 0 Å². The Hall–Kier alpha value is -2.93. The van der Waals surface area contributed by atoms with Crippen LogP contribution >= 0.6 is 0 Å². The quantitative estimate of drug-likeness (QED) is 0.178. The average molecular weight is 975 g/mol. The zero-order valence-electron chi connectivity index (χ0n) is 43.3. The van der Waals surface area contributed by atoms with Gasteiger partial charge in [-0.3, -0.25) is 0 Å². The summed E-state index contributed by atoms with van der Waals surface area (Å²) in [6, 6.07) is 14.7. The van der Waals surface area contributed by atoms with Crippen LogP contribution in [0.4, 0.5) is 11.4 Å². The topological polar surface area (TPSA) is 3.01 Å². The van der Waals surface area contributed by atoms with Crippen LogP contribution in [0.5, 0.6) is 0 Å². The van der Waals surface area contributed by atoms with Crippen molar-refractivity contribution in [3.05, 3.63) is 136 Å². The van der Waals surface area contributed by atoms with Crippen LogP contribution < -0.4 is 4.58 Å². The van der Waals surface area contributed by atoms with Crippen molar-refractivity contribution >= 4 is 47.0 Å². The molecule has 3 heteroatoms. The molecule has 63 heavy (non-hydrogen) atoms. The van der Waals surface area contributed by atoms with Gasteiger partial charge in [-0.1, -0.05) is 41.5 Å². The van der Waals surface area contributed by atoms with Crippen molar-refractivity contribution in [2.75, 3.05) is 0 Å². The Labute approximate surface area is 398 Å². The van der Waals surface area contributed by atoms with E-state index in [2.05, 4.69) is 235 Å². The Bertz CT molecular complexity index is 2220. The van der Waals surface area contributed by atoms with Gasteiger partial charge in [-0.25, -0.2) is 0 Å². The van der Waals surface area contributed by atoms with E-state index in [4.69, 9.17) is 0 Å². The Balaban J connectivity index is 1.73. The molecule has 0 radical (unpaired) electrons. The van der Waals surface area contributed by atoms with Crippen LogP contribution in [-0.4, -0.2) is 35.6 Å². The summed E-state index contributed by atoms with van der Waals surface area (Å²) >= 11 is 0.681. The van der Waals surface area contributed by atoms with Crippen LogP contribution in [0.2, 0.25) is 0 Å². The molecule has 0 amide bonds. The van der Waals surface area contributed by atoms with Gasteiger partial charge in [0.25, 0.3) is 0 Å². The fraction of sp³-hybridized carbons (Fsp3) is 0.517. The minimum atomic E-state index is 0.0386. The maximum atomic E-state index is 2.67. The number of hydrogen-bond donors (Lipinski definition) is 0. The van der Waals surface area contributed by atoms with Gasteiger partial charge in [0, 0.05) is 0 Å². The number of allylic oxidation sites excluding steroid dienone is 16. The molecule has 0 N–H and O–H groups in total. The van der Waals surface area contributed by atoms with E-state index in [0.29, 0.717) is 35.8 Å². The van der Waals surface area contributed by atoms with Gasteiger partial charge in [-0.15, -0.1) is 0 Å². The first-order valence-corrected chi connectivity index (χ1v) is 27.1. The molecule has 0 unspecified atom stereocenters. The number of benzene rings is 2. The number of nitrogens with zero attached hydrogens (tertiary/aromatic N) is 1. The molecule has 3 heterocycles. The van der Waals surface area contributed by atoms with Crippen LogP contribution in [0.3, 0.4) is 0 Å². The number of fused-ring (bicyclic) bond motifs is 3. The van der Waals surface area contributed by atoms with Crippen LogP contribution in [0.25, 0.3) is 11.1 Å². The summed E-state index contributed by atoms with van der Waals surface area (Å²) in [5.41, 5.74) is 15.6. The molecular formula is C60H82NSe2+. The standard InChI is InChI=1S/C60H82NSe2/c1-54(2,3)42-26-28-47-45(36-42)46-37-43(55(4,5)6)27-29-48(46)61(47)53-40(24-22-38-30-49(57(10,11)12)62-50(31-38)58(13,14)15)34-44(56(7,8)9)35-41(53)25-23-39-32-51(59(16,17)18)63-52(33-39)60(19,20)21/h22-33,36-37,44H,34-35H2,1-21H3/q+1/b40-24+,41-25+. The van der Waals surface area contributed by atoms with Crippen LogP contribution in [-0.2, 0) is 10.8 Å². The van der Waals surface area contributed by atoms with Crippen molar-refractivity contribution in [2.24, 2.45) is 33.0 Å². The monoisotopic (exact) mass is 976 g/mol. The molecule has 6 rings (SSSR count). The van der Waals surface area contributed by atoms with E-state index in [1.165, 1.54) is 61.6 Å². The minimum absolute atomic E-state index is 0.0386. The van der Waals surface area contributed by atoms with E-state index in [-0.39, 0.29) is 37.9 Å². The summed E-state index contributed by atoms with van der Waals surface area (Å²) in [4.78, 5) is 0. The summed E-state index contributed by atoms with van der Waals surface area (Å²) in [6.45, 7) is 50.1. The van der Waals surface area contributed by atoms with Crippen molar-refractivity contribution in [3.63, 3.8) is 0 Å². The fourth-order valence-corrected chi connectivity index (χ4v) is 13.7. The molecule has 0 spiro atoms. The van der Waals surface area contributed by atoms with Crippen molar-refractivity contribution in [2.45, 2.75) is 169 Å². The summed E-state index contributed by atoms with van der Waals surface area (Å²) < 4.78 is 8.97. The second-order valence-corrected chi connectivity index (χ2v) is 30.6. The van der Waals surface area contributed by atoms with Crippen LogP contribution in [0.1, 0.15) is 169 Å². The Morgan fingerprint density at radius 1 is 0.429 bits per heavy atom. The molecule has 0 atom stereocenters. The molecule has 1 fully saturated rings. The number of rotatable bonds is 2. The SMILES string of the molecule is CC(C)(C)C1=CC(=C/C=C2\CC(C(C)(C)C)C/C(=C\C=C3C=C(C(C)(C)C)[Se]C(C(C)(C)C)=C3)C2=[N+]2c3ccc(C(C)(C)C)cc3-c3cc(C(C)(C)C)ccc32)C=C(C(C)(C)C)[Se]1. The predicted octanol–water partition coefficient (Wildman–Crippen LogP) is 16.9. The zero-order valence-corrected chi connectivity index (χ0v) is 46.8. The van der Waals surface area contributed by atoms with Crippen molar-refractivity contribution in [1.82, 2.24) is 4.58 Å². The van der Waals surface area contributed by atoms with Crippen LogP contribution in [0, 0.1) is 33.0 Å². The first-order chi connectivity index (χ1) is 28.6. The first-order valence-electron chi connectivity index (χ1n) is 23.7. The summed E-state index contributed by atoms with van der Waals surface area (Å²) in [5, 5.41) is 0. The maximum absolute atomic E-state index is 2.67. The molecule has 0 bridgehead atoms. The van der Waals surface area contributed by atoms with Gasteiger partial charge in [0.2, 0.25) is 0 Å². The molecule has 2 aromatic rings. The van der Waals surface area contributed by atoms with E-state index in [0.717, 1.165) is 12.8 Å². The van der Waals surface area contributed by atoms with Gasteiger partial charge >= 0.3 is 349 Å². The second kappa shape index (κ2) is 17.1. The Morgan fingerprint density at radius 2 is 0.746 bits per heavy atom. The van der Waals surface area contributed by atoms with Gasteiger partial charge in [0.15, 0.2) is 0 Å². The van der Waals surface area contributed by atoms with Crippen molar-refractivity contribution in [3.8, 4) is 11.1 Å². The molecule has 1 aliphatic carbocycles. The van der Waals surface area contributed by atoms with Gasteiger partial charge < -0.3 is 0 Å². The summed E-state index contributed by atoms with van der Waals surface area (Å²) in [6.07, 6.45) is 22.1. The predicted molar refractivity (Wildman–Crippen MR) is 282 cm³/mol. The molecule has 1 nitrogen and oxygen atoms in total. The number of hydrogen-bond acceptors (Lipinski definition) is 0. The molecule has 3 aliphatic heterocycles. The Morgan fingerprint density at radius 3 is 1.02 bits per heavy atom. The molecule has 1 saturated carbocycles. The van der Waals surface area contributed by atoms with Gasteiger partial charge in [-0.05, 0) is 10.8 Å². The van der Waals surface area contributed by atoms with E-state index in [9.17, 15) is 0 Å². The third kappa shape index (κ3) is 11.2. The first kappa shape index (κ1) is 49.5. The van der Waals surface area contributed by atoms with E-state index >= 15 is 0 Å².